The first-order chi connectivity index (χ1) is 13.0. The van der Waals surface area contributed by atoms with Crippen LogP contribution in [0.1, 0.15) is 54.1 Å². The lowest BCUT2D eigenvalue weighted by Crippen LogP contribution is -2.34. The first-order valence-electron chi connectivity index (χ1n) is 9.46. The van der Waals surface area contributed by atoms with E-state index >= 15 is 0 Å². The number of unbranched alkanes of at least 4 members (excludes halogenated alkanes) is 1. The molecule has 1 aliphatic carbocycles. The molecule has 27 heavy (non-hydrogen) atoms. The van der Waals surface area contributed by atoms with Crippen LogP contribution in [0.5, 0.6) is 0 Å². The van der Waals surface area contributed by atoms with Gasteiger partial charge in [0.25, 0.3) is 5.91 Å². The smallest absolute Gasteiger partial charge is 0.251 e. The molecule has 0 unspecified atom stereocenters. The lowest BCUT2D eigenvalue weighted by atomic mass is 9.95. The van der Waals surface area contributed by atoms with Crippen molar-refractivity contribution in [3.05, 3.63) is 71.0 Å². The Labute approximate surface area is 159 Å². The Kier molecular flexibility index (Phi) is 5.89. The van der Waals surface area contributed by atoms with Crippen LogP contribution in [0.3, 0.4) is 0 Å². The van der Waals surface area contributed by atoms with Crippen LogP contribution < -0.4 is 10.6 Å². The van der Waals surface area contributed by atoms with E-state index in [1.54, 1.807) is 24.3 Å². The fraction of sp³-hybridized carbons (Fsp3) is 0.364. The van der Waals surface area contributed by atoms with E-state index in [9.17, 15) is 14.0 Å². The summed E-state index contributed by atoms with van der Waals surface area (Å²) in [5.41, 5.74) is 1.89. The Morgan fingerprint density at radius 2 is 1.67 bits per heavy atom. The second-order valence-corrected chi connectivity index (χ2v) is 7.08. The third kappa shape index (κ3) is 4.54. The van der Waals surface area contributed by atoms with E-state index in [0.717, 1.165) is 36.8 Å². The number of benzene rings is 2. The van der Waals surface area contributed by atoms with Crippen LogP contribution in [0.4, 0.5) is 4.39 Å². The predicted molar refractivity (Wildman–Crippen MR) is 103 cm³/mol. The maximum atomic E-state index is 13.1. The zero-order valence-corrected chi connectivity index (χ0v) is 15.6. The summed E-state index contributed by atoms with van der Waals surface area (Å²) in [6.07, 6.45) is 3.56. The number of halogens is 1. The Balaban J connectivity index is 1.55. The van der Waals surface area contributed by atoms with Crippen LogP contribution in [-0.4, -0.2) is 18.4 Å². The van der Waals surface area contributed by atoms with E-state index < -0.39 is 5.41 Å². The molecule has 3 rings (SSSR count). The molecule has 1 fully saturated rings. The molecule has 0 atom stereocenters. The molecular weight excluding hydrogens is 343 g/mol. The minimum Gasteiger partial charge on any atom is -0.352 e. The highest BCUT2D eigenvalue weighted by Gasteiger charge is 2.51. The van der Waals surface area contributed by atoms with Crippen molar-refractivity contribution in [2.45, 2.75) is 44.6 Å². The normalized spacial score (nSPS) is 14.4. The summed E-state index contributed by atoms with van der Waals surface area (Å²) in [5.74, 6) is -0.406. The zero-order chi connectivity index (χ0) is 19.3. The summed E-state index contributed by atoms with van der Waals surface area (Å²) < 4.78 is 13.1. The Hall–Kier alpha value is -2.69. The van der Waals surface area contributed by atoms with Crippen molar-refractivity contribution >= 4 is 11.8 Å². The highest BCUT2D eigenvalue weighted by molar-refractivity contribution is 5.94. The second-order valence-electron chi connectivity index (χ2n) is 7.08. The van der Waals surface area contributed by atoms with Gasteiger partial charge in [-0.2, -0.15) is 0 Å². The van der Waals surface area contributed by atoms with Gasteiger partial charge in [-0.1, -0.05) is 37.6 Å². The molecule has 2 amide bonds. The fourth-order valence-corrected chi connectivity index (χ4v) is 3.15. The SMILES string of the molecule is CCCCNC(=O)c1ccc(CNC(=O)C2(c3ccc(F)cc3)CC2)cc1. The highest BCUT2D eigenvalue weighted by atomic mass is 19.1. The molecule has 142 valence electrons. The minimum atomic E-state index is -0.521. The molecule has 0 aromatic heterocycles. The lowest BCUT2D eigenvalue weighted by molar-refractivity contribution is -0.123. The number of hydrogen-bond acceptors (Lipinski definition) is 2. The summed E-state index contributed by atoms with van der Waals surface area (Å²) in [4.78, 5) is 24.6. The second kappa shape index (κ2) is 8.33. The minimum absolute atomic E-state index is 0.0320. The molecule has 5 heteroatoms. The molecule has 1 aliphatic rings. The van der Waals surface area contributed by atoms with Gasteiger partial charge in [-0.15, -0.1) is 0 Å². The van der Waals surface area contributed by atoms with Gasteiger partial charge in [-0.25, -0.2) is 4.39 Å². The highest BCUT2D eigenvalue weighted by Crippen LogP contribution is 2.48. The van der Waals surface area contributed by atoms with Gasteiger partial charge in [0.2, 0.25) is 5.91 Å². The maximum Gasteiger partial charge on any atom is 0.251 e. The molecule has 2 N–H and O–H groups in total. The van der Waals surface area contributed by atoms with E-state index in [0.29, 0.717) is 18.7 Å². The first kappa shape index (κ1) is 19.1. The molecule has 0 heterocycles. The van der Waals surface area contributed by atoms with Gasteiger partial charge in [0.05, 0.1) is 5.41 Å². The number of nitrogens with one attached hydrogen (secondary N) is 2. The van der Waals surface area contributed by atoms with Crippen molar-refractivity contribution in [2.24, 2.45) is 0 Å². The average molecular weight is 368 g/mol. The average Bonchev–Trinajstić information content (AvgIpc) is 3.49. The molecule has 4 nitrogen and oxygen atoms in total. The topological polar surface area (TPSA) is 58.2 Å². The Bertz CT molecular complexity index is 796. The molecule has 2 aromatic carbocycles. The third-order valence-electron chi connectivity index (χ3n) is 5.07. The van der Waals surface area contributed by atoms with Gasteiger partial charge >= 0.3 is 0 Å². The fourth-order valence-electron chi connectivity index (χ4n) is 3.15. The van der Waals surface area contributed by atoms with Gasteiger partial charge < -0.3 is 10.6 Å². The van der Waals surface area contributed by atoms with Crippen molar-refractivity contribution in [1.29, 1.82) is 0 Å². The van der Waals surface area contributed by atoms with Crippen LogP contribution in [0, 0.1) is 5.82 Å². The summed E-state index contributed by atoms with van der Waals surface area (Å²) in [6, 6.07) is 13.4. The predicted octanol–water partition coefficient (Wildman–Crippen LogP) is 3.70. The zero-order valence-electron chi connectivity index (χ0n) is 15.6. The van der Waals surface area contributed by atoms with Gasteiger partial charge in [-0.3, -0.25) is 9.59 Å². The lowest BCUT2D eigenvalue weighted by Gasteiger charge is -2.16. The van der Waals surface area contributed by atoms with Crippen LogP contribution in [-0.2, 0) is 16.8 Å². The molecule has 0 radical (unpaired) electrons. The van der Waals surface area contributed by atoms with Crippen LogP contribution >= 0.6 is 0 Å². The van der Waals surface area contributed by atoms with E-state index in [-0.39, 0.29) is 17.6 Å². The van der Waals surface area contributed by atoms with Crippen LogP contribution in [0.25, 0.3) is 0 Å². The molecule has 0 saturated heterocycles. The molecular formula is C22H25FN2O2. The number of rotatable bonds is 8. The van der Waals surface area contributed by atoms with E-state index in [4.69, 9.17) is 0 Å². The molecule has 0 aliphatic heterocycles. The quantitative estimate of drug-likeness (QED) is 0.698. The van der Waals surface area contributed by atoms with Crippen molar-refractivity contribution in [1.82, 2.24) is 10.6 Å². The Morgan fingerprint density at radius 1 is 1.00 bits per heavy atom. The third-order valence-corrected chi connectivity index (χ3v) is 5.07. The first-order valence-corrected chi connectivity index (χ1v) is 9.46. The van der Waals surface area contributed by atoms with Crippen molar-refractivity contribution in [3.63, 3.8) is 0 Å². The maximum absolute atomic E-state index is 13.1. The van der Waals surface area contributed by atoms with Gasteiger partial charge in [-0.05, 0) is 54.7 Å². The van der Waals surface area contributed by atoms with Gasteiger partial charge in [0.1, 0.15) is 5.82 Å². The van der Waals surface area contributed by atoms with Gasteiger partial charge in [0, 0.05) is 18.7 Å². The molecule has 1 saturated carbocycles. The number of carbonyl (C=O) groups excluding carboxylic acids is 2. The summed E-state index contributed by atoms with van der Waals surface area (Å²) >= 11 is 0. The summed E-state index contributed by atoms with van der Waals surface area (Å²) in [7, 11) is 0. The molecule has 2 aromatic rings. The van der Waals surface area contributed by atoms with Gasteiger partial charge in [0.15, 0.2) is 0 Å². The largest absolute Gasteiger partial charge is 0.352 e. The van der Waals surface area contributed by atoms with E-state index in [1.165, 1.54) is 12.1 Å². The number of amides is 2. The molecule has 0 spiro atoms. The standard InChI is InChI=1S/C22H25FN2O2/c1-2-3-14-24-20(26)17-6-4-16(5-7-17)15-25-21(27)22(12-13-22)18-8-10-19(23)11-9-18/h4-11H,2-3,12-15H2,1H3,(H,24,26)(H,25,27). The van der Waals surface area contributed by atoms with Crippen molar-refractivity contribution in [2.75, 3.05) is 6.54 Å². The van der Waals surface area contributed by atoms with E-state index in [1.807, 2.05) is 12.1 Å². The monoisotopic (exact) mass is 368 g/mol. The van der Waals surface area contributed by atoms with Crippen molar-refractivity contribution < 1.29 is 14.0 Å². The Morgan fingerprint density at radius 3 is 2.26 bits per heavy atom. The van der Waals surface area contributed by atoms with Crippen LogP contribution in [0.2, 0.25) is 0 Å². The molecule has 0 bridgehead atoms. The summed E-state index contributed by atoms with van der Waals surface area (Å²) in [6.45, 7) is 3.16. The van der Waals surface area contributed by atoms with Crippen LogP contribution in [0.15, 0.2) is 48.5 Å². The number of carbonyl (C=O) groups is 2. The van der Waals surface area contributed by atoms with Crippen molar-refractivity contribution in [3.8, 4) is 0 Å². The number of hydrogen-bond donors (Lipinski definition) is 2. The summed E-state index contributed by atoms with van der Waals surface area (Å²) in [5, 5.41) is 5.86. The van der Waals surface area contributed by atoms with E-state index in [2.05, 4.69) is 17.6 Å².